The Labute approximate surface area is 123 Å². The molecule has 4 N–H and O–H groups in total. The van der Waals surface area contributed by atoms with Crippen molar-refractivity contribution in [3.8, 4) is 11.1 Å². The van der Waals surface area contributed by atoms with Gasteiger partial charge in [0.25, 0.3) is 5.91 Å². The van der Waals surface area contributed by atoms with Gasteiger partial charge >= 0.3 is 0 Å². The minimum absolute atomic E-state index is 0.168. The maximum atomic E-state index is 11.4. The number of primary amides is 1. The number of amides is 1. The molecule has 1 saturated heterocycles. The van der Waals surface area contributed by atoms with E-state index in [9.17, 15) is 4.79 Å². The molecule has 0 spiro atoms. The van der Waals surface area contributed by atoms with E-state index in [4.69, 9.17) is 11.5 Å². The summed E-state index contributed by atoms with van der Waals surface area (Å²) >= 11 is 0. The van der Waals surface area contributed by atoms with E-state index in [1.807, 2.05) is 12.1 Å². The lowest BCUT2D eigenvalue weighted by Crippen LogP contribution is -2.17. The van der Waals surface area contributed by atoms with E-state index in [2.05, 4.69) is 22.0 Å². The van der Waals surface area contributed by atoms with Gasteiger partial charge in [-0.1, -0.05) is 12.1 Å². The first kappa shape index (κ1) is 13.4. The number of pyridine rings is 1. The highest BCUT2D eigenvalue weighted by Gasteiger charge is 2.14. The molecule has 1 aromatic carbocycles. The van der Waals surface area contributed by atoms with Gasteiger partial charge in [-0.05, 0) is 36.6 Å². The molecule has 1 aliphatic heterocycles. The fraction of sp³-hybridized carbons (Fsp3) is 0.250. The van der Waals surface area contributed by atoms with E-state index in [1.54, 1.807) is 12.3 Å². The molecule has 3 rings (SSSR count). The van der Waals surface area contributed by atoms with E-state index in [0.717, 1.165) is 24.2 Å². The molecule has 1 fully saturated rings. The van der Waals surface area contributed by atoms with Gasteiger partial charge in [0.1, 0.15) is 5.82 Å². The summed E-state index contributed by atoms with van der Waals surface area (Å²) in [7, 11) is 0. The topological polar surface area (TPSA) is 85.2 Å². The number of anilines is 2. The molecule has 0 bridgehead atoms. The molecule has 0 aliphatic carbocycles. The van der Waals surface area contributed by atoms with Gasteiger partial charge in [-0.2, -0.15) is 0 Å². The number of hydrogen-bond donors (Lipinski definition) is 2. The van der Waals surface area contributed by atoms with Gasteiger partial charge in [-0.15, -0.1) is 0 Å². The van der Waals surface area contributed by atoms with Crippen molar-refractivity contribution >= 4 is 17.4 Å². The third-order valence-corrected chi connectivity index (χ3v) is 3.83. The zero-order chi connectivity index (χ0) is 14.8. The first-order chi connectivity index (χ1) is 10.1. The van der Waals surface area contributed by atoms with Crippen LogP contribution in [0.25, 0.3) is 11.1 Å². The van der Waals surface area contributed by atoms with Crippen molar-refractivity contribution < 1.29 is 4.79 Å². The number of nitrogen functional groups attached to an aromatic ring is 1. The molecule has 0 radical (unpaired) electrons. The van der Waals surface area contributed by atoms with Crippen molar-refractivity contribution in [2.45, 2.75) is 12.8 Å². The number of carbonyl (C=O) groups excluding carboxylic acids is 1. The summed E-state index contributed by atoms with van der Waals surface area (Å²) in [5.74, 6) is -0.389. The highest BCUT2D eigenvalue weighted by atomic mass is 16.1. The average molecular weight is 282 g/mol. The van der Waals surface area contributed by atoms with Gasteiger partial charge in [-0.3, -0.25) is 4.79 Å². The minimum Gasteiger partial charge on any atom is -0.383 e. The van der Waals surface area contributed by atoms with Crippen molar-refractivity contribution in [1.82, 2.24) is 4.98 Å². The van der Waals surface area contributed by atoms with Crippen LogP contribution in [0.4, 0.5) is 11.5 Å². The Balaban J connectivity index is 1.98. The standard InChI is InChI=1S/C16H18N4O/c17-15-14(16(18)21)9-12(10-19-15)11-4-3-5-13(8-11)20-6-1-2-7-20/h3-5,8-10H,1-2,6-7H2,(H2,17,19)(H2,18,21). The van der Waals surface area contributed by atoms with Crippen LogP contribution in [0.1, 0.15) is 23.2 Å². The Morgan fingerprint density at radius 3 is 2.62 bits per heavy atom. The Hall–Kier alpha value is -2.56. The van der Waals surface area contributed by atoms with E-state index in [-0.39, 0.29) is 11.4 Å². The number of aromatic nitrogens is 1. The fourth-order valence-corrected chi connectivity index (χ4v) is 2.69. The Kier molecular flexibility index (Phi) is 3.48. The van der Waals surface area contributed by atoms with Crippen LogP contribution in [0.5, 0.6) is 0 Å². The van der Waals surface area contributed by atoms with Gasteiger partial charge in [-0.25, -0.2) is 4.98 Å². The van der Waals surface area contributed by atoms with Crippen LogP contribution in [0.2, 0.25) is 0 Å². The summed E-state index contributed by atoms with van der Waals surface area (Å²) in [4.78, 5) is 17.8. The molecule has 2 heterocycles. The first-order valence-corrected chi connectivity index (χ1v) is 7.06. The summed E-state index contributed by atoms with van der Waals surface area (Å²) in [6, 6.07) is 9.94. The van der Waals surface area contributed by atoms with Crippen molar-refractivity contribution in [3.05, 3.63) is 42.1 Å². The normalized spacial score (nSPS) is 14.4. The first-order valence-electron chi connectivity index (χ1n) is 7.06. The lowest BCUT2D eigenvalue weighted by Gasteiger charge is -2.18. The van der Waals surface area contributed by atoms with Gasteiger partial charge < -0.3 is 16.4 Å². The van der Waals surface area contributed by atoms with Gasteiger partial charge in [0.15, 0.2) is 0 Å². The van der Waals surface area contributed by atoms with Crippen molar-refractivity contribution in [2.24, 2.45) is 5.73 Å². The molecular weight excluding hydrogens is 264 g/mol. The number of rotatable bonds is 3. The van der Waals surface area contributed by atoms with Crippen LogP contribution in [0.15, 0.2) is 36.5 Å². The van der Waals surface area contributed by atoms with Crippen LogP contribution in [0.3, 0.4) is 0 Å². The van der Waals surface area contributed by atoms with Crippen LogP contribution in [-0.4, -0.2) is 24.0 Å². The third kappa shape index (κ3) is 2.67. The maximum Gasteiger partial charge on any atom is 0.252 e. The van der Waals surface area contributed by atoms with E-state index in [1.165, 1.54) is 18.5 Å². The summed E-state index contributed by atoms with van der Waals surface area (Å²) in [5.41, 5.74) is 14.3. The maximum absolute atomic E-state index is 11.4. The van der Waals surface area contributed by atoms with Gasteiger partial charge in [0, 0.05) is 30.5 Å². The second-order valence-corrected chi connectivity index (χ2v) is 5.27. The monoisotopic (exact) mass is 282 g/mol. The predicted octanol–water partition coefficient (Wildman–Crippen LogP) is 2.03. The lowest BCUT2D eigenvalue weighted by atomic mass is 10.0. The average Bonchev–Trinajstić information content (AvgIpc) is 3.02. The molecule has 0 atom stereocenters. The third-order valence-electron chi connectivity index (χ3n) is 3.83. The predicted molar refractivity (Wildman–Crippen MR) is 84.1 cm³/mol. The fourth-order valence-electron chi connectivity index (χ4n) is 2.69. The number of benzene rings is 1. The summed E-state index contributed by atoms with van der Waals surface area (Å²) in [6.45, 7) is 2.19. The van der Waals surface area contributed by atoms with E-state index in [0.29, 0.717) is 0 Å². The number of nitrogens with two attached hydrogens (primary N) is 2. The SMILES string of the molecule is NC(=O)c1cc(-c2cccc(N3CCCC3)c2)cnc1N. The lowest BCUT2D eigenvalue weighted by molar-refractivity contribution is 0.100. The molecule has 5 heteroatoms. The van der Waals surface area contributed by atoms with Crippen LogP contribution in [0, 0.1) is 0 Å². The van der Waals surface area contributed by atoms with Crippen molar-refractivity contribution in [3.63, 3.8) is 0 Å². The van der Waals surface area contributed by atoms with Crippen molar-refractivity contribution in [1.29, 1.82) is 0 Å². The second-order valence-electron chi connectivity index (χ2n) is 5.27. The zero-order valence-electron chi connectivity index (χ0n) is 11.7. The molecule has 0 unspecified atom stereocenters. The minimum atomic E-state index is -0.558. The number of nitrogens with zero attached hydrogens (tertiary/aromatic N) is 2. The molecule has 2 aromatic rings. The number of hydrogen-bond acceptors (Lipinski definition) is 4. The molecule has 21 heavy (non-hydrogen) atoms. The van der Waals surface area contributed by atoms with Crippen molar-refractivity contribution in [2.75, 3.05) is 23.7 Å². The molecule has 0 saturated carbocycles. The van der Waals surface area contributed by atoms with Crippen LogP contribution in [-0.2, 0) is 0 Å². The molecule has 1 amide bonds. The molecule has 1 aromatic heterocycles. The van der Waals surface area contributed by atoms with Crippen LogP contribution >= 0.6 is 0 Å². The van der Waals surface area contributed by atoms with Gasteiger partial charge in [0.05, 0.1) is 5.56 Å². The second kappa shape index (κ2) is 5.44. The number of carbonyl (C=O) groups is 1. The van der Waals surface area contributed by atoms with Gasteiger partial charge in [0.2, 0.25) is 0 Å². The highest BCUT2D eigenvalue weighted by molar-refractivity contribution is 5.98. The smallest absolute Gasteiger partial charge is 0.252 e. The molecule has 1 aliphatic rings. The summed E-state index contributed by atoms with van der Waals surface area (Å²) < 4.78 is 0. The van der Waals surface area contributed by atoms with E-state index >= 15 is 0 Å². The molecule has 5 nitrogen and oxygen atoms in total. The molecular formula is C16H18N4O. The highest BCUT2D eigenvalue weighted by Crippen LogP contribution is 2.27. The quantitative estimate of drug-likeness (QED) is 0.902. The van der Waals surface area contributed by atoms with Crippen LogP contribution < -0.4 is 16.4 Å². The van der Waals surface area contributed by atoms with E-state index < -0.39 is 5.91 Å². The zero-order valence-corrected chi connectivity index (χ0v) is 11.7. The Bertz CT molecular complexity index is 678. The largest absolute Gasteiger partial charge is 0.383 e. The Morgan fingerprint density at radius 1 is 1.14 bits per heavy atom. The molecule has 108 valence electrons. The summed E-state index contributed by atoms with van der Waals surface area (Å²) in [5, 5.41) is 0. The summed E-state index contributed by atoms with van der Waals surface area (Å²) in [6.07, 6.45) is 4.14. The Morgan fingerprint density at radius 2 is 1.90 bits per heavy atom.